The second-order valence-corrected chi connectivity index (χ2v) is 5.24. The minimum atomic E-state index is 0.238. The Morgan fingerprint density at radius 2 is 2.28 bits per heavy atom. The lowest BCUT2D eigenvalue weighted by molar-refractivity contribution is 0.0552. The summed E-state index contributed by atoms with van der Waals surface area (Å²) in [6.07, 6.45) is 3.50. The van der Waals surface area contributed by atoms with E-state index in [0.29, 0.717) is 6.54 Å². The maximum atomic E-state index is 9.52. The van der Waals surface area contributed by atoms with Crippen LogP contribution in [0, 0.1) is 6.92 Å². The summed E-state index contributed by atoms with van der Waals surface area (Å²) < 4.78 is 0. The van der Waals surface area contributed by atoms with Crippen LogP contribution in [0.3, 0.4) is 0 Å². The minimum Gasteiger partial charge on any atom is -0.395 e. The number of rotatable bonds is 4. The van der Waals surface area contributed by atoms with E-state index in [1.807, 2.05) is 0 Å². The van der Waals surface area contributed by atoms with Gasteiger partial charge in [-0.2, -0.15) is 0 Å². The number of aryl methyl sites for hydroxylation is 1. The maximum absolute atomic E-state index is 9.52. The smallest absolute Gasteiger partial charge is 0.0587 e. The van der Waals surface area contributed by atoms with Gasteiger partial charge < -0.3 is 10.8 Å². The van der Waals surface area contributed by atoms with Crippen molar-refractivity contribution in [2.24, 2.45) is 5.73 Å². The SMILES string of the molecule is Cc1cccc(C(CN)N2CCCCC2CO)c1. The van der Waals surface area contributed by atoms with Gasteiger partial charge >= 0.3 is 0 Å². The van der Waals surface area contributed by atoms with Gasteiger partial charge in [-0.25, -0.2) is 0 Å². The molecule has 100 valence electrons. The number of hydrogen-bond acceptors (Lipinski definition) is 3. The fraction of sp³-hybridized carbons (Fsp3) is 0.600. The predicted molar refractivity (Wildman–Crippen MR) is 74.4 cm³/mol. The van der Waals surface area contributed by atoms with Gasteiger partial charge in [-0.3, -0.25) is 4.90 Å². The molecule has 0 radical (unpaired) electrons. The van der Waals surface area contributed by atoms with Gasteiger partial charge in [0.1, 0.15) is 0 Å². The molecule has 0 bridgehead atoms. The Hall–Kier alpha value is -0.900. The second-order valence-electron chi connectivity index (χ2n) is 5.24. The molecule has 2 atom stereocenters. The summed E-state index contributed by atoms with van der Waals surface area (Å²) in [5.41, 5.74) is 8.52. The number of nitrogens with zero attached hydrogens (tertiary/aromatic N) is 1. The molecule has 1 aromatic rings. The van der Waals surface area contributed by atoms with Gasteiger partial charge in [-0.1, -0.05) is 36.2 Å². The van der Waals surface area contributed by atoms with Gasteiger partial charge in [0.15, 0.2) is 0 Å². The quantitative estimate of drug-likeness (QED) is 0.855. The fourth-order valence-electron chi connectivity index (χ4n) is 2.97. The first-order chi connectivity index (χ1) is 8.76. The van der Waals surface area contributed by atoms with Crippen LogP contribution in [-0.2, 0) is 0 Å². The van der Waals surface area contributed by atoms with Crippen LogP contribution in [0.25, 0.3) is 0 Å². The number of likely N-dealkylation sites (tertiary alicyclic amines) is 1. The van der Waals surface area contributed by atoms with Crippen LogP contribution in [0.15, 0.2) is 24.3 Å². The molecule has 1 aliphatic rings. The largest absolute Gasteiger partial charge is 0.395 e. The summed E-state index contributed by atoms with van der Waals surface area (Å²) in [4.78, 5) is 2.39. The highest BCUT2D eigenvalue weighted by Crippen LogP contribution is 2.28. The molecule has 1 aromatic carbocycles. The summed E-state index contributed by atoms with van der Waals surface area (Å²) in [5, 5.41) is 9.52. The van der Waals surface area contributed by atoms with E-state index in [1.165, 1.54) is 24.0 Å². The van der Waals surface area contributed by atoms with E-state index in [0.717, 1.165) is 13.0 Å². The van der Waals surface area contributed by atoms with Crippen LogP contribution in [0.5, 0.6) is 0 Å². The Labute approximate surface area is 110 Å². The maximum Gasteiger partial charge on any atom is 0.0587 e. The van der Waals surface area contributed by atoms with Crippen molar-refractivity contribution in [3.63, 3.8) is 0 Å². The molecular formula is C15H24N2O. The monoisotopic (exact) mass is 248 g/mol. The molecule has 1 aliphatic heterocycles. The Morgan fingerprint density at radius 1 is 1.44 bits per heavy atom. The van der Waals surface area contributed by atoms with Gasteiger partial charge in [0, 0.05) is 18.6 Å². The molecule has 3 nitrogen and oxygen atoms in total. The molecule has 1 heterocycles. The van der Waals surface area contributed by atoms with Crippen molar-refractivity contribution in [2.45, 2.75) is 38.3 Å². The minimum absolute atomic E-state index is 0.238. The van der Waals surface area contributed by atoms with E-state index in [4.69, 9.17) is 5.73 Å². The zero-order valence-electron chi connectivity index (χ0n) is 11.2. The molecule has 2 rings (SSSR count). The highest BCUT2D eigenvalue weighted by Gasteiger charge is 2.28. The van der Waals surface area contributed by atoms with Crippen LogP contribution in [0.4, 0.5) is 0 Å². The summed E-state index contributed by atoms with van der Waals surface area (Å²) in [5.74, 6) is 0. The number of benzene rings is 1. The van der Waals surface area contributed by atoms with Crippen LogP contribution in [0.1, 0.15) is 36.4 Å². The standard InChI is InChI=1S/C15H24N2O/c1-12-5-4-6-13(9-12)15(10-16)17-8-3-2-7-14(17)11-18/h4-6,9,14-15,18H,2-3,7-8,10-11,16H2,1H3. The fourth-order valence-corrected chi connectivity index (χ4v) is 2.97. The molecule has 0 aromatic heterocycles. The third kappa shape index (κ3) is 2.91. The number of piperidine rings is 1. The average Bonchev–Trinajstić information content (AvgIpc) is 2.40. The lowest BCUT2D eigenvalue weighted by Crippen LogP contribution is -2.46. The van der Waals surface area contributed by atoms with Crippen molar-refractivity contribution in [1.82, 2.24) is 4.90 Å². The Balaban J connectivity index is 2.21. The molecule has 3 N–H and O–H groups in total. The summed E-state index contributed by atoms with van der Waals surface area (Å²) in [6.45, 7) is 4.00. The first-order valence-electron chi connectivity index (χ1n) is 6.89. The molecule has 3 heteroatoms. The third-order valence-corrected chi connectivity index (χ3v) is 3.93. The van der Waals surface area contributed by atoms with E-state index in [2.05, 4.69) is 36.1 Å². The van der Waals surface area contributed by atoms with Crippen molar-refractivity contribution in [2.75, 3.05) is 19.7 Å². The lowest BCUT2D eigenvalue weighted by Gasteiger charge is -2.40. The molecule has 1 fully saturated rings. The molecule has 18 heavy (non-hydrogen) atoms. The van der Waals surface area contributed by atoms with Crippen molar-refractivity contribution in [3.05, 3.63) is 35.4 Å². The lowest BCUT2D eigenvalue weighted by atomic mass is 9.96. The van der Waals surface area contributed by atoms with Crippen molar-refractivity contribution in [1.29, 1.82) is 0 Å². The highest BCUT2D eigenvalue weighted by atomic mass is 16.3. The summed E-state index contributed by atoms with van der Waals surface area (Å²) in [6, 6.07) is 9.06. The van der Waals surface area contributed by atoms with Gasteiger partial charge in [0.2, 0.25) is 0 Å². The molecule has 0 spiro atoms. The number of nitrogens with two attached hydrogens (primary N) is 1. The second kappa shape index (κ2) is 6.32. The number of hydrogen-bond donors (Lipinski definition) is 2. The Morgan fingerprint density at radius 3 is 2.94 bits per heavy atom. The van der Waals surface area contributed by atoms with Crippen molar-refractivity contribution < 1.29 is 5.11 Å². The summed E-state index contributed by atoms with van der Waals surface area (Å²) >= 11 is 0. The molecule has 1 saturated heterocycles. The number of aliphatic hydroxyl groups is 1. The van der Waals surface area contributed by atoms with Gasteiger partial charge in [0.25, 0.3) is 0 Å². The van der Waals surface area contributed by atoms with Gasteiger partial charge in [-0.05, 0) is 31.9 Å². The van der Waals surface area contributed by atoms with E-state index in [-0.39, 0.29) is 18.7 Å². The van der Waals surface area contributed by atoms with E-state index >= 15 is 0 Å². The normalized spacial score (nSPS) is 22.9. The Bertz CT molecular complexity index is 381. The molecule has 2 unspecified atom stereocenters. The topological polar surface area (TPSA) is 49.5 Å². The molecule has 0 amide bonds. The zero-order valence-corrected chi connectivity index (χ0v) is 11.2. The summed E-state index contributed by atoms with van der Waals surface area (Å²) in [7, 11) is 0. The van der Waals surface area contributed by atoms with Gasteiger partial charge in [-0.15, -0.1) is 0 Å². The number of aliphatic hydroxyl groups excluding tert-OH is 1. The zero-order chi connectivity index (χ0) is 13.0. The first-order valence-corrected chi connectivity index (χ1v) is 6.89. The van der Waals surface area contributed by atoms with Crippen molar-refractivity contribution in [3.8, 4) is 0 Å². The Kier molecular flexibility index (Phi) is 4.75. The molecule has 0 aliphatic carbocycles. The average molecular weight is 248 g/mol. The van der Waals surface area contributed by atoms with Gasteiger partial charge in [0.05, 0.1) is 6.61 Å². The van der Waals surface area contributed by atoms with E-state index in [9.17, 15) is 5.11 Å². The third-order valence-electron chi connectivity index (χ3n) is 3.93. The predicted octanol–water partition coefficient (Wildman–Crippen LogP) is 1.84. The van der Waals surface area contributed by atoms with Crippen LogP contribution in [0.2, 0.25) is 0 Å². The van der Waals surface area contributed by atoms with Crippen molar-refractivity contribution >= 4 is 0 Å². The molecule has 0 saturated carbocycles. The first kappa shape index (κ1) is 13.5. The van der Waals surface area contributed by atoms with Crippen LogP contribution < -0.4 is 5.73 Å². The highest BCUT2D eigenvalue weighted by molar-refractivity contribution is 5.25. The van der Waals surface area contributed by atoms with E-state index < -0.39 is 0 Å². The van der Waals surface area contributed by atoms with Crippen LogP contribution in [-0.4, -0.2) is 35.7 Å². The van der Waals surface area contributed by atoms with E-state index in [1.54, 1.807) is 0 Å². The molecular weight excluding hydrogens is 224 g/mol. The van der Waals surface area contributed by atoms with Crippen LogP contribution >= 0.6 is 0 Å².